The number of hydrogen-bond donors (Lipinski definition) is 0. The minimum atomic E-state index is -1.31. The summed E-state index contributed by atoms with van der Waals surface area (Å²) in [6.07, 6.45) is -1.42. The van der Waals surface area contributed by atoms with Gasteiger partial charge in [-0.3, -0.25) is 14.4 Å². The molecule has 0 saturated heterocycles. The predicted molar refractivity (Wildman–Crippen MR) is 60.9 cm³/mol. The molecule has 0 aliphatic carbocycles. The average Bonchev–Trinajstić information content (AvgIpc) is 2.10. The predicted octanol–water partition coefficient (Wildman–Crippen LogP) is -3.86. The van der Waals surface area contributed by atoms with Crippen LogP contribution in [0.2, 0.25) is 0 Å². The van der Waals surface area contributed by atoms with Crippen molar-refractivity contribution in [2.45, 2.75) is 40.0 Å². The molecule has 0 unspecified atom stereocenters. The van der Waals surface area contributed by atoms with Gasteiger partial charge in [0.1, 0.15) is 17.3 Å². The molecule has 1 radical (unpaired) electrons. The summed E-state index contributed by atoms with van der Waals surface area (Å²) >= 11 is 0. The molecule has 0 aromatic rings. The van der Waals surface area contributed by atoms with Gasteiger partial charge in [0, 0.05) is 37.2 Å². The van der Waals surface area contributed by atoms with Gasteiger partial charge in [-0.25, -0.2) is 0 Å². The van der Waals surface area contributed by atoms with Gasteiger partial charge >= 0.3 is 21.7 Å². The van der Waals surface area contributed by atoms with Crippen LogP contribution >= 0.6 is 0 Å². The SMILES string of the molecule is CC(=O)CC(=O)[O-].CC(=O)CC(=O)[O-].CC(=O)CC(=O)[O-].[Ti+3]. The Morgan fingerprint density at radius 2 is 0.682 bits per heavy atom. The zero-order valence-electron chi connectivity index (χ0n) is 12.3. The summed E-state index contributed by atoms with van der Waals surface area (Å²) in [6.45, 7) is 3.61. The maximum atomic E-state index is 9.83. The van der Waals surface area contributed by atoms with Crippen LogP contribution in [-0.2, 0) is 50.5 Å². The van der Waals surface area contributed by atoms with E-state index >= 15 is 0 Å². The normalized spacial score (nSPS) is 7.77. The van der Waals surface area contributed by atoms with Crippen molar-refractivity contribution < 1.29 is 65.8 Å². The van der Waals surface area contributed by atoms with Crippen LogP contribution in [0, 0.1) is 0 Å². The number of carboxylic acid groups (broad SMARTS) is 3. The van der Waals surface area contributed by atoms with E-state index in [1.807, 2.05) is 0 Å². The first kappa shape index (κ1) is 28.3. The molecule has 0 aromatic heterocycles. The summed E-state index contributed by atoms with van der Waals surface area (Å²) in [7, 11) is 0. The average molecular weight is 351 g/mol. The number of rotatable bonds is 6. The van der Waals surface area contributed by atoms with Crippen molar-refractivity contribution in [3.8, 4) is 0 Å². The van der Waals surface area contributed by atoms with Crippen LogP contribution in [0.4, 0.5) is 0 Å². The van der Waals surface area contributed by atoms with E-state index in [-0.39, 0.29) is 39.1 Å². The van der Waals surface area contributed by atoms with E-state index in [1.54, 1.807) is 0 Å². The Morgan fingerprint density at radius 1 is 0.545 bits per heavy atom. The topological polar surface area (TPSA) is 172 Å². The maximum absolute atomic E-state index is 9.83. The molecule has 0 aliphatic rings. The van der Waals surface area contributed by atoms with Crippen molar-refractivity contribution >= 4 is 35.3 Å². The zero-order chi connectivity index (χ0) is 17.6. The van der Waals surface area contributed by atoms with E-state index in [9.17, 15) is 44.1 Å². The Kier molecular flexibility index (Phi) is 22.1. The summed E-state index contributed by atoms with van der Waals surface area (Å²) in [5.41, 5.74) is 0. The molecule has 0 atom stereocenters. The second kappa shape index (κ2) is 17.2. The van der Waals surface area contributed by atoms with Gasteiger partial charge in [-0.1, -0.05) is 0 Å². The molecule has 0 N–H and O–H groups in total. The molecular weight excluding hydrogens is 336 g/mol. The van der Waals surface area contributed by atoms with Crippen LogP contribution in [-0.4, -0.2) is 35.3 Å². The fourth-order valence-corrected chi connectivity index (χ4v) is 0.610. The second-order valence-electron chi connectivity index (χ2n) is 3.75. The van der Waals surface area contributed by atoms with Crippen molar-refractivity contribution in [3.63, 3.8) is 0 Å². The number of aliphatic carboxylic acids is 3. The molecule has 0 saturated carbocycles. The summed E-state index contributed by atoms with van der Waals surface area (Å²) in [5.74, 6) is -5.06. The minimum Gasteiger partial charge on any atom is -0.550 e. The fraction of sp³-hybridized carbons (Fsp3) is 0.500. The van der Waals surface area contributed by atoms with Crippen LogP contribution in [0.5, 0.6) is 0 Å². The van der Waals surface area contributed by atoms with E-state index in [4.69, 9.17) is 0 Å². The first-order valence-electron chi connectivity index (χ1n) is 5.46. The Balaban J connectivity index is -0.000000108. The third kappa shape index (κ3) is 51.8. The summed E-state index contributed by atoms with van der Waals surface area (Å²) in [5, 5.41) is 28.4. The van der Waals surface area contributed by atoms with Crippen molar-refractivity contribution in [2.24, 2.45) is 0 Å². The molecule has 0 aliphatic heterocycles. The van der Waals surface area contributed by atoms with Crippen LogP contribution < -0.4 is 15.3 Å². The standard InChI is InChI=1S/3C4H6O3.Ti/c3*1-3(5)2-4(6)7;/h3*2H2,1H3,(H,6,7);/q;;;+3/p-3. The molecule has 9 nitrogen and oxygen atoms in total. The van der Waals surface area contributed by atoms with E-state index in [2.05, 4.69) is 0 Å². The van der Waals surface area contributed by atoms with Crippen molar-refractivity contribution in [1.82, 2.24) is 0 Å². The second-order valence-corrected chi connectivity index (χ2v) is 3.75. The van der Waals surface area contributed by atoms with E-state index in [0.717, 1.165) is 0 Å². The minimum absolute atomic E-state index is 0. The number of Topliss-reactive ketones (excluding diaryl/α,β-unsaturated/α-hetero) is 3. The number of carbonyl (C=O) groups excluding carboxylic acids is 6. The van der Waals surface area contributed by atoms with Crippen molar-refractivity contribution in [2.75, 3.05) is 0 Å². The molecular formula is C12H15O9Ti. The van der Waals surface area contributed by atoms with E-state index < -0.39 is 37.2 Å². The van der Waals surface area contributed by atoms with Crippen molar-refractivity contribution in [1.29, 1.82) is 0 Å². The summed E-state index contributed by atoms with van der Waals surface area (Å²) < 4.78 is 0. The third-order valence-corrected chi connectivity index (χ3v) is 1.18. The molecule has 0 fully saturated rings. The van der Waals surface area contributed by atoms with E-state index in [0.29, 0.717) is 0 Å². The monoisotopic (exact) mass is 351 g/mol. The number of carbonyl (C=O) groups is 6. The quantitative estimate of drug-likeness (QED) is 0.343. The van der Waals surface area contributed by atoms with Crippen LogP contribution in [0.3, 0.4) is 0 Å². The number of hydrogen-bond acceptors (Lipinski definition) is 9. The Bertz CT molecular complexity index is 317. The number of ketones is 3. The van der Waals surface area contributed by atoms with E-state index in [1.165, 1.54) is 20.8 Å². The van der Waals surface area contributed by atoms with Crippen LogP contribution in [0.15, 0.2) is 0 Å². The van der Waals surface area contributed by atoms with Gasteiger partial charge in [0.05, 0.1) is 0 Å². The molecule has 0 rings (SSSR count). The Hall–Kier alpha value is -1.87. The third-order valence-electron chi connectivity index (χ3n) is 1.18. The fourth-order valence-electron chi connectivity index (χ4n) is 0.610. The zero-order valence-corrected chi connectivity index (χ0v) is 13.9. The summed E-state index contributed by atoms with van der Waals surface area (Å²) in [4.78, 5) is 57.9. The van der Waals surface area contributed by atoms with Gasteiger partial charge in [-0.2, -0.15) is 0 Å². The summed E-state index contributed by atoms with van der Waals surface area (Å²) in [6, 6.07) is 0. The molecule has 10 heteroatoms. The van der Waals surface area contributed by atoms with Gasteiger partial charge in [0.15, 0.2) is 0 Å². The smallest absolute Gasteiger partial charge is 0.550 e. The van der Waals surface area contributed by atoms with Gasteiger partial charge in [0.25, 0.3) is 0 Å². The Labute approximate surface area is 141 Å². The van der Waals surface area contributed by atoms with Crippen molar-refractivity contribution in [3.05, 3.63) is 0 Å². The van der Waals surface area contributed by atoms with Gasteiger partial charge in [-0.05, 0) is 20.8 Å². The largest absolute Gasteiger partial charge is 3.00 e. The molecule has 0 heterocycles. The first-order chi connectivity index (χ1) is 9.38. The van der Waals surface area contributed by atoms with Gasteiger partial charge in [-0.15, -0.1) is 0 Å². The first-order valence-corrected chi connectivity index (χ1v) is 5.46. The van der Waals surface area contributed by atoms with Crippen LogP contribution in [0.25, 0.3) is 0 Å². The number of carboxylic acids is 3. The molecule has 22 heavy (non-hydrogen) atoms. The molecule has 0 spiro atoms. The molecule has 121 valence electrons. The van der Waals surface area contributed by atoms with Gasteiger partial charge in [0.2, 0.25) is 0 Å². The molecule has 0 bridgehead atoms. The van der Waals surface area contributed by atoms with Gasteiger partial charge < -0.3 is 29.7 Å². The maximum Gasteiger partial charge on any atom is 3.00 e. The molecule has 0 amide bonds. The molecule has 0 aromatic carbocycles. The van der Waals surface area contributed by atoms with Crippen LogP contribution in [0.1, 0.15) is 40.0 Å². The Morgan fingerprint density at radius 3 is 0.682 bits per heavy atom.